The largest absolute Gasteiger partial charge is 0.381 e. The van der Waals surface area contributed by atoms with Gasteiger partial charge in [-0.05, 0) is 30.8 Å². The highest BCUT2D eigenvalue weighted by molar-refractivity contribution is 5.85. The molecule has 0 saturated carbocycles. The first-order valence-electron chi connectivity index (χ1n) is 7.63. The van der Waals surface area contributed by atoms with E-state index >= 15 is 0 Å². The smallest absolute Gasteiger partial charge is 0.0491 e. The Morgan fingerprint density at radius 1 is 1.29 bits per heavy atom. The zero-order valence-corrected chi connectivity index (χ0v) is 12.5. The van der Waals surface area contributed by atoms with Gasteiger partial charge in [0.25, 0.3) is 0 Å². The Hall–Kier alpha value is -1.49. The second kappa shape index (κ2) is 6.52. The van der Waals surface area contributed by atoms with Gasteiger partial charge in [-0.15, -0.1) is 0 Å². The molecule has 1 unspecified atom stereocenters. The molecule has 2 aromatic rings. The molecule has 1 aliphatic rings. The van der Waals surface area contributed by atoms with Crippen LogP contribution >= 0.6 is 0 Å². The van der Waals surface area contributed by atoms with E-state index in [4.69, 9.17) is 10.5 Å². The quantitative estimate of drug-likeness (QED) is 0.937. The van der Waals surface area contributed by atoms with Gasteiger partial charge in [0.05, 0.1) is 0 Å². The number of rotatable bonds is 4. The lowest BCUT2D eigenvalue weighted by Crippen LogP contribution is -2.41. The molecule has 0 amide bonds. The average molecular weight is 285 g/mol. The Bertz CT molecular complexity index is 590. The van der Waals surface area contributed by atoms with Crippen LogP contribution < -0.4 is 5.73 Å². The van der Waals surface area contributed by atoms with Crippen LogP contribution in [0.1, 0.15) is 24.4 Å². The van der Waals surface area contributed by atoms with Crippen molar-refractivity contribution >= 4 is 10.8 Å². The Balaban J connectivity index is 1.94. The Morgan fingerprint density at radius 2 is 2.05 bits per heavy atom. The average Bonchev–Trinajstić information content (AvgIpc) is 2.56. The van der Waals surface area contributed by atoms with E-state index in [1.165, 1.54) is 16.3 Å². The topological polar surface area (TPSA) is 51.4 Å². The minimum Gasteiger partial charge on any atom is -0.381 e. The summed E-state index contributed by atoms with van der Waals surface area (Å²) in [6.07, 6.45) is 6.03. The van der Waals surface area contributed by atoms with Gasteiger partial charge in [0.2, 0.25) is 0 Å². The van der Waals surface area contributed by atoms with Crippen LogP contribution in [0, 0.1) is 0 Å². The first kappa shape index (κ1) is 14.4. The van der Waals surface area contributed by atoms with E-state index in [2.05, 4.69) is 35.1 Å². The van der Waals surface area contributed by atoms with E-state index in [1.807, 2.05) is 18.5 Å². The summed E-state index contributed by atoms with van der Waals surface area (Å²) < 4.78 is 5.47. The zero-order valence-electron chi connectivity index (χ0n) is 12.5. The van der Waals surface area contributed by atoms with E-state index in [0.29, 0.717) is 12.6 Å². The summed E-state index contributed by atoms with van der Waals surface area (Å²) in [7, 11) is 2.18. The molecule has 21 heavy (non-hydrogen) atoms. The summed E-state index contributed by atoms with van der Waals surface area (Å²) in [5.74, 6) is 0. The third-order valence-electron chi connectivity index (χ3n) is 4.54. The maximum Gasteiger partial charge on any atom is 0.0491 e. The van der Waals surface area contributed by atoms with Crippen molar-refractivity contribution in [3.8, 4) is 0 Å². The molecule has 2 heterocycles. The van der Waals surface area contributed by atoms with Crippen LogP contribution in [0.5, 0.6) is 0 Å². The first-order valence-corrected chi connectivity index (χ1v) is 7.63. The number of fused-ring (bicyclic) bond motifs is 1. The van der Waals surface area contributed by atoms with Crippen LogP contribution in [0.3, 0.4) is 0 Å². The summed E-state index contributed by atoms with van der Waals surface area (Å²) in [6, 6.07) is 9.13. The number of pyridine rings is 1. The van der Waals surface area contributed by atoms with E-state index in [0.717, 1.165) is 26.1 Å². The Labute approximate surface area is 125 Å². The van der Waals surface area contributed by atoms with Crippen LogP contribution in [-0.4, -0.2) is 42.7 Å². The number of hydrogen-bond donors (Lipinski definition) is 1. The Morgan fingerprint density at radius 3 is 2.81 bits per heavy atom. The van der Waals surface area contributed by atoms with Crippen molar-refractivity contribution in [2.24, 2.45) is 5.73 Å². The number of aromatic nitrogens is 1. The number of hydrogen-bond acceptors (Lipinski definition) is 4. The van der Waals surface area contributed by atoms with Crippen LogP contribution in [-0.2, 0) is 4.74 Å². The molecular weight excluding hydrogens is 262 g/mol. The number of benzene rings is 1. The number of ether oxygens (including phenoxy) is 1. The molecule has 1 fully saturated rings. The molecule has 0 aliphatic carbocycles. The van der Waals surface area contributed by atoms with E-state index in [1.54, 1.807) is 0 Å². The van der Waals surface area contributed by atoms with Crippen LogP contribution in [0.25, 0.3) is 10.8 Å². The predicted octanol–water partition coefficient (Wildman–Crippen LogP) is 2.35. The van der Waals surface area contributed by atoms with Crippen molar-refractivity contribution in [1.82, 2.24) is 9.88 Å². The molecule has 3 rings (SSSR count). The zero-order chi connectivity index (χ0) is 14.7. The van der Waals surface area contributed by atoms with Gasteiger partial charge < -0.3 is 10.5 Å². The monoisotopic (exact) mass is 285 g/mol. The number of nitrogens with two attached hydrogens (primary N) is 1. The molecule has 1 aliphatic heterocycles. The third-order valence-corrected chi connectivity index (χ3v) is 4.54. The van der Waals surface area contributed by atoms with Crippen molar-refractivity contribution in [3.63, 3.8) is 0 Å². The molecule has 1 aromatic heterocycles. The normalized spacial score (nSPS) is 18.2. The van der Waals surface area contributed by atoms with Gasteiger partial charge in [-0.2, -0.15) is 0 Å². The molecule has 0 radical (unpaired) electrons. The summed E-state index contributed by atoms with van der Waals surface area (Å²) in [5.41, 5.74) is 7.33. The molecule has 4 nitrogen and oxygen atoms in total. The lowest BCUT2D eigenvalue weighted by molar-refractivity contribution is 0.0295. The maximum absolute atomic E-state index is 6.10. The molecule has 1 saturated heterocycles. The summed E-state index contributed by atoms with van der Waals surface area (Å²) >= 11 is 0. The van der Waals surface area contributed by atoms with Crippen LogP contribution in [0.15, 0.2) is 36.7 Å². The van der Waals surface area contributed by atoms with Crippen molar-refractivity contribution < 1.29 is 4.74 Å². The fraction of sp³-hybridized carbons (Fsp3) is 0.471. The van der Waals surface area contributed by atoms with E-state index in [9.17, 15) is 0 Å². The van der Waals surface area contributed by atoms with Crippen molar-refractivity contribution in [1.29, 1.82) is 0 Å². The van der Waals surface area contributed by atoms with Crippen LogP contribution in [0.2, 0.25) is 0 Å². The minimum atomic E-state index is 0.201. The van der Waals surface area contributed by atoms with Gasteiger partial charge in [-0.1, -0.05) is 24.3 Å². The first-order chi connectivity index (χ1) is 10.3. The number of nitrogens with zero attached hydrogens (tertiary/aromatic N) is 2. The highest BCUT2D eigenvalue weighted by atomic mass is 16.5. The molecular formula is C17H23N3O. The summed E-state index contributed by atoms with van der Waals surface area (Å²) in [5, 5.41) is 2.43. The SMILES string of the molecule is CN(C1CCOCC1)C(CN)c1cncc2ccccc12. The van der Waals surface area contributed by atoms with Gasteiger partial charge in [0, 0.05) is 49.6 Å². The third kappa shape index (κ3) is 2.93. The van der Waals surface area contributed by atoms with Crippen molar-refractivity contribution in [3.05, 3.63) is 42.2 Å². The molecule has 4 heteroatoms. The molecule has 2 N–H and O–H groups in total. The Kier molecular flexibility index (Phi) is 4.48. The predicted molar refractivity (Wildman–Crippen MR) is 85.1 cm³/mol. The fourth-order valence-corrected chi connectivity index (χ4v) is 3.26. The second-order valence-electron chi connectivity index (χ2n) is 5.71. The standard InChI is InChI=1S/C17H23N3O/c1-20(14-6-8-21-9-7-14)17(10-18)16-12-19-11-13-4-2-3-5-15(13)16/h2-5,11-12,14,17H,6-10,18H2,1H3. The lowest BCUT2D eigenvalue weighted by Gasteiger charge is -2.37. The van der Waals surface area contributed by atoms with Crippen LogP contribution in [0.4, 0.5) is 0 Å². The van der Waals surface area contributed by atoms with Gasteiger partial charge in [0.15, 0.2) is 0 Å². The van der Waals surface area contributed by atoms with Gasteiger partial charge in [-0.3, -0.25) is 9.88 Å². The molecule has 112 valence electrons. The number of likely N-dealkylation sites (N-methyl/N-ethyl adjacent to an activating group) is 1. The van der Waals surface area contributed by atoms with Gasteiger partial charge >= 0.3 is 0 Å². The van der Waals surface area contributed by atoms with Crippen molar-refractivity contribution in [2.45, 2.75) is 24.9 Å². The molecule has 1 atom stereocenters. The summed E-state index contributed by atoms with van der Waals surface area (Å²) in [4.78, 5) is 6.81. The van der Waals surface area contributed by atoms with E-state index < -0.39 is 0 Å². The minimum absolute atomic E-state index is 0.201. The van der Waals surface area contributed by atoms with Crippen molar-refractivity contribution in [2.75, 3.05) is 26.8 Å². The van der Waals surface area contributed by atoms with E-state index in [-0.39, 0.29) is 6.04 Å². The summed E-state index contributed by atoms with van der Waals surface area (Å²) in [6.45, 7) is 2.30. The highest BCUT2D eigenvalue weighted by Crippen LogP contribution is 2.29. The lowest BCUT2D eigenvalue weighted by atomic mass is 9.97. The van der Waals surface area contributed by atoms with Gasteiger partial charge in [-0.25, -0.2) is 0 Å². The fourth-order valence-electron chi connectivity index (χ4n) is 3.26. The molecule has 1 aromatic carbocycles. The molecule has 0 bridgehead atoms. The maximum atomic E-state index is 6.10. The molecule has 0 spiro atoms. The second-order valence-corrected chi connectivity index (χ2v) is 5.71. The van der Waals surface area contributed by atoms with Gasteiger partial charge in [0.1, 0.15) is 0 Å². The highest BCUT2D eigenvalue weighted by Gasteiger charge is 2.26.